The Hall–Kier alpha value is -0.700. The van der Waals surface area contributed by atoms with Gasteiger partial charge in [0.25, 0.3) is 0 Å². The number of hydrogen-bond acceptors (Lipinski definition) is 4. The molecule has 1 aliphatic heterocycles. The molecule has 3 rings (SSSR count). The molecule has 0 amide bonds. The second kappa shape index (κ2) is 10.6. The van der Waals surface area contributed by atoms with E-state index < -0.39 is 0 Å². The third kappa shape index (κ3) is 7.13. The molecule has 1 unspecified atom stereocenters. The van der Waals surface area contributed by atoms with Gasteiger partial charge in [-0.15, -0.1) is 24.0 Å². The van der Waals surface area contributed by atoms with Gasteiger partial charge in [-0.05, 0) is 62.8 Å². The number of aromatic nitrogens is 1. The van der Waals surface area contributed by atoms with Crippen molar-refractivity contribution in [2.24, 2.45) is 10.9 Å². The summed E-state index contributed by atoms with van der Waals surface area (Å²) in [6, 6.07) is 4.01. The summed E-state index contributed by atoms with van der Waals surface area (Å²) in [5.41, 5.74) is 1.12. The molecular weight excluding hydrogens is 459 g/mol. The van der Waals surface area contributed by atoms with Crippen LogP contribution in [-0.4, -0.2) is 41.1 Å². The predicted octanol–water partition coefficient (Wildman–Crippen LogP) is 3.83. The predicted molar refractivity (Wildman–Crippen MR) is 121 cm³/mol. The lowest BCUT2D eigenvalue weighted by Crippen LogP contribution is -2.43. The third-order valence-corrected chi connectivity index (χ3v) is 6.20. The van der Waals surface area contributed by atoms with Gasteiger partial charge in [0.15, 0.2) is 5.96 Å². The maximum Gasteiger partial charge on any atom is 0.213 e. The molecule has 0 bridgehead atoms. The maximum atomic E-state index is 5.76. The fourth-order valence-corrected chi connectivity index (χ4v) is 4.12. The molecule has 26 heavy (non-hydrogen) atoms. The first-order chi connectivity index (χ1) is 12.2. The summed E-state index contributed by atoms with van der Waals surface area (Å²) in [6.45, 7) is 7.67. The van der Waals surface area contributed by atoms with Crippen molar-refractivity contribution in [3.8, 4) is 5.88 Å². The first kappa shape index (κ1) is 21.6. The fraction of sp³-hybridized carbons (Fsp3) is 0.684. The number of aliphatic imine (C=N–C) groups is 1. The number of pyridine rings is 1. The van der Waals surface area contributed by atoms with Crippen molar-refractivity contribution in [3.05, 3.63) is 23.9 Å². The normalized spacial score (nSPS) is 22.6. The fourth-order valence-electron chi connectivity index (χ4n) is 2.87. The molecule has 7 heteroatoms. The van der Waals surface area contributed by atoms with E-state index in [1.54, 1.807) is 0 Å². The Morgan fingerprint density at radius 1 is 1.42 bits per heavy atom. The number of nitrogens with one attached hydrogen (secondary N) is 2. The Balaban J connectivity index is 0.00000243. The molecule has 0 aromatic carbocycles. The number of thioether (sulfide) groups is 1. The van der Waals surface area contributed by atoms with Gasteiger partial charge >= 0.3 is 0 Å². The molecule has 1 aromatic rings. The van der Waals surface area contributed by atoms with Crippen molar-refractivity contribution in [2.45, 2.75) is 50.8 Å². The molecule has 0 spiro atoms. The van der Waals surface area contributed by atoms with Crippen molar-refractivity contribution in [1.29, 1.82) is 0 Å². The highest BCUT2D eigenvalue weighted by atomic mass is 127. The van der Waals surface area contributed by atoms with Crippen molar-refractivity contribution in [3.63, 3.8) is 0 Å². The second-order valence-corrected chi connectivity index (χ2v) is 8.89. The van der Waals surface area contributed by atoms with E-state index in [4.69, 9.17) is 9.73 Å². The molecule has 1 saturated heterocycles. The number of hydrogen-bond donors (Lipinski definition) is 2. The molecule has 1 atom stereocenters. The number of halogens is 1. The molecule has 2 heterocycles. The van der Waals surface area contributed by atoms with Crippen LogP contribution in [0.3, 0.4) is 0 Å². The minimum absolute atomic E-state index is 0. The Morgan fingerprint density at radius 3 is 2.96 bits per heavy atom. The van der Waals surface area contributed by atoms with E-state index in [9.17, 15) is 0 Å². The van der Waals surface area contributed by atoms with Crippen LogP contribution in [0.1, 0.15) is 45.1 Å². The monoisotopic (exact) mass is 490 g/mol. The van der Waals surface area contributed by atoms with E-state index in [1.807, 2.05) is 18.3 Å². The second-order valence-electron chi connectivity index (χ2n) is 7.21. The van der Waals surface area contributed by atoms with E-state index in [0.717, 1.165) is 37.1 Å². The van der Waals surface area contributed by atoms with E-state index in [0.29, 0.717) is 17.2 Å². The Labute approximate surface area is 178 Å². The van der Waals surface area contributed by atoms with Gasteiger partial charge in [0.05, 0.1) is 13.2 Å². The van der Waals surface area contributed by atoms with Crippen molar-refractivity contribution in [2.75, 3.05) is 25.4 Å². The van der Waals surface area contributed by atoms with E-state index >= 15 is 0 Å². The first-order valence-electron chi connectivity index (χ1n) is 9.41. The highest BCUT2D eigenvalue weighted by Crippen LogP contribution is 2.36. The summed E-state index contributed by atoms with van der Waals surface area (Å²) in [5.74, 6) is 3.61. The highest BCUT2D eigenvalue weighted by Gasteiger charge is 2.29. The summed E-state index contributed by atoms with van der Waals surface area (Å²) in [4.78, 5) is 9.02. The summed E-state index contributed by atoms with van der Waals surface area (Å²) in [7, 11) is 0. The maximum absolute atomic E-state index is 5.76. The molecule has 1 aliphatic carbocycles. The average Bonchev–Trinajstić information content (AvgIpc) is 3.36. The van der Waals surface area contributed by atoms with Crippen molar-refractivity contribution in [1.82, 2.24) is 15.6 Å². The zero-order valence-electron chi connectivity index (χ0n) is 15.8. The Kier molecular flexibility index (Phi) is 8.79. The van der Waals surface area contributed by atoms with Gasteiger partial charge in [0.1, 0.15) is 0 Å². The summed E-state index contributed by atoms with van der Waals surface area (Å²) < 4.78 is 6.09. The number of rotatable bonds is 8. The standard InChI is InChI=1S/C19H30N4OS.HI/c1-3-20-18(23-14-19(2)8-4-10-25-19)22-12-16-7-9-21-17(11-16)24-13-15-5-6-15;/h7,9,11,15H,3-6,8,10,12-14H2,1-2H3,(H2,20,22,23);1H. The van der Waals surface area contributed by atoms with Crippen LogP contribution in [0.4, 0.5) is 0 Å². The van der Waals surface area contributed by atoms with E-state index in [-0.39, 0.29) is 24.0 Å². The topological polar surface area (TPSA) is 58.5 Å². The Morgan fingerprint density at radius 2 is 2.27 bits per heavy atom. The van der Waals surface area contributed by atoms with Crippen LogP contribution >= 0.6 is 35.7 Å². The zero-order chi connectivity index (χ0) is 17.5. The quantitative estimate of drug-likeness (QED) is 0.330. The molecule has 2 N–H and O–H groups in total. The van der Waals surface area contributed by atoms with Crippen LogP contribution in [0.2, 0.25) is 0 Å². The molecule has 2 aliphatic rings. The van der Waals surface area contributed by atoms with Crippen LogP contribution in [0, 0.1) is 5.92 Å². The van der Waals surface area contributed by atoms with Gasteiger partial charge in [-0.25, -0.2) is 9.98 Å². The van der Waals surface area contributed by atoms with Gasteiger partial charge in [0.2, 0.25) is 5.88 Å². The molecule has 5 nitrogen and oxygen atoms in total. The van der Waals surface area contributed by atoms with Crippen LogP contribution in [0.15, 0.2) is 23.3 Å². The molecule has 1 saturated carbocycles. The molecule has 1 aromatic heterocycles. The van der Waals surface area contributed by atoms with Crippen LogP contribution < -0.4 is 15.4 Å². The lowest BCUT2D eigenvalue weighted by atomic mass is 10.1. The molecule has 0 radical (unpaired) electrons. The largest absolute Gasteiger partial charge is 0.477 e. The van der Waals surface area contributed by atoms with Gasteiger partial charge in [0, 0.05) is 30.1 Å². The number of nitrogens with zero attached hydrogens (tertiary/aromatic N) is 2. The SMILES string of the molecule is CCNC(=NCc1ccnc(OCC2CC2)c1)NCC1(C)CCCS1.I. The molecule has 2 fully saturated rings. The first-order valence-corrected chi connectivity index (χ1v) is 10.4. The lowest BCUT2D eigenvalue weighted by Gasteiger charge is -2.24. The van der Waals surface area contributed by atoms with Gasteiger partial charge < -0.3 is 15.4 Å². The van der Waals surface area contributed by atoms with Crippen LogP contribution in [0.5, 0.6) is 5.88 Å². The third-order valence-electron chi connectivity index (χ3n) is 4.66. The van der Waals surface area contributed by atoms with Gasteiger partial charge in [-0.3, -0.25) is 0 Å². The molecular formula is C19H31IN4OS. The van der Waals surface area contributed by atoms with E-state index in [2.05, 4.69) is 41.2 Å². The number of guanidine groups is 1. The summed E-state index contributed by atoms with van der Waals surface area (Å²) in [5, 5.41) is 6.85. The minimum atomic E-state index is 0. The lowest BCUT2D eigenvalue weighted by molar-refractivity contribution is 0.288. The molecule has 146 valence electrons. The van der Waals surface area contributed by atoms with Crippen molar-refractivity contribution >= 4 is 41.7 Å². The number of ether oxygens (including phenoxy) is 1. The van der Waals surface area contributed by atoms with Crippen molar-refractivity contribution < 1.29 is 4.74 Å². The van der Waals surface area contributed by atoms with E-state index in [1.165, 1.54) is 31.4 Å². The highest BCUT2D eigenvalue weighted by molar-refractivity contribution is 14.0. The average molecular weight is 490 g/mol. The smallest absolute Gasteiger partial charge is 0.213 e. The van der Waals surface area contributed by atoms with Gasteiger partial charge in [-0.2, -0.15) is 11.8 Å². The van der Waals surface area contributed by atoms with Gasteiger partial charge in [-0.1, -0.05) is 0 Å². The van der Waals surface area contributed by atoms with Crippen LogP contribution in [-0.2, 0) is 6.54 Å². The Bertz CT molecular complexity index is 589. The van der Waals surface area contributed by atoms with Crippen LogP contribution in [0.25, 0.3) is 0 Å². The summed E-state index contributed by atoms with van der Waals surface area (Å²) >= 11 is 2.06. The zero-order valence-corrected chi connectivity index (χ0v) is 18.9. The summed E-state index contributed by atoms with van der Waals surface area (Å²) in [6.07, 6.45) is 6.98. The minimum Gasteiger partial charge on any atom is -0.477 e.